The summed E-state index contributed by atoms with van der Waals surface area (Å²) in [6, 6.07) is 17.1. The molecule has 1 aromatic heterocycles. The molecule has 166 valence electrons. The summed E-state index contributed by atoms with van der Waals surface area (Å²) in [5.74, 6) is -1.03. The fourth-order valence-corrected chi connectivity index (χ4v) is 5.66. The summed E-state index contributed by atoms with van der Waals surface area (Å²) in [6.07, 6.45) is 2.14. The highest BCUT2D eigenvalue weighted by molar-refractivity contribution is 7.91. The van der Waals surface area contributed by atoms with E-state index in [1.165, 1.54) is 0 Å². The number of aromatic nitrogens is 2. The van der Waals surface area contributed by atoms with Crippen LogP contribution in [-0.2, 0) is 14.6 Å². The molecule has 1 aliphatic heterocycles. The van der Waals surface area contributed by atoms with E-state index in [2.05, 4.69) is 16.0 Å². The van der Waals surface area contributed by atoms with Gasteiger partial charge in [-0.05, 0) is 37.5 Å². The van der Waals surface area contributed by atoms with Gasteiger partial charge in [0.05, 0.1) is 22.8 Å². The van der Waals surface area contributed by atoms with Crippen LogP contribution in [0.4, 0.5) is 0 Å². The molecule has 0 unspecified atom stereocenters. The predicted octanol–water partition coefficient (Wildman–Crippen LogP) is 2.43. The van der Waals surface area contributed by atoms with Crippen LogP contribution in [0.5, 0.6) is 0 Å². The second kappa shape index (κ2) is 8.96. The van der Waals surface area contributed by atoms with Crippen molar-refractivity contribution >= 4 is 21.7 Å². The van der Waals surface area contributed by atoms with Crippen LogP contribution in [0, 0.1) is 12.8 Å². The van der Waals surface area contributed by atoms with Gasteiger partial charge in [0.25, 0.3) is 5.91 Å². The van der Waals surface area contributed by atoms with Crippen molar-refractivity contribution in [2.75, 3.05) is 11.5 Å². The highest BCUT2D eigenvalue weighted by Gasteiger charge is 2.29. The van der Waals surface area contributed by atoms with E-state index >= 15 is 0 Å². The molecule has 0 saturated carbocycles. The number of amides is 2. The fourth-order valence-electron chi connectivity index (χ4n) is 3.80. The number of carbonyl (C=O) groups excluding carboxylic acids is 2. The first-order valence-electron chi connectivity index (χ1n) is 10.3. The maximum Gasteiger partial charge on any atom is 0.273 e. The Morgan fingerprint density at radius 2 is 1.88 bits per heavy atom. The van der Waals surface area contributed by atoms with Crippen LogP contribution in [0.2, 0.25) is 0 Å². The number of hydrogen-bond donors (Lipinski definition) is 2. The van der Waals surface area contributed by atoms with Crippen LogP contribution in [0.15, 0.2) is 60.8 Å². The SMILES string of the molecule is Cc1cccc(-c2nn(-c3ccccc3)cc2C(=O)NNC(=O)C[C@@H]2CCS(=O)(=O)C2)c1. The molecule has 0 spiro atoms. The molecule has 32 heavy (non-hydrogen) atoms. The predicted molar refractivity (Wildman–Crippen MR) is 121 cm³/mol. The Balaban J connectivity index is 1.53. The van der Waals surface area contributed by atoms with Crippen LogP contribution in [0.3, 0.4) is 0 Å². The first kappa shape index (κ1) is 21.8. The van der Waals surface area contributed by atoms with Gasteiger partial charge in [0, 0.05) is 18.2 Å². The number of nitrogens with one attached hydrogen (secondary N) is 2. The minimum Gasteiger partial charge on any atom is -0.273 e. The number of aryl methyl sites for hydroxylation is 1. The molecule has 1 fully saturated rings. The van der Waals surface area contributed by atoms with Gasteiger partial charge in [0.2, 0.25) is 5.91 Å². The summed E-state index contributed by atoms with van der Waals surface area (Å²) < 4.78 is 24.8. The molecular formula is C23H24N4O4S. The fraction of sp³-hybridized carbons (Fsp3) is 0.261. The van der Waals surface area contributed by atoms with Crippen molar-refractivity contribution in [2.45, 2.75) is 19.8 Å². The highest BCUT2D eigenvalue weighted by atomic mass is 32.2. The van der Waals surface area contributed by atoms with Gasteiger partial charge in [0.15, 0.2) is 9.84 Å². The summed E-state index contributed by atoms with van der Waals surface area (Å²) in [7, 11) is -3.06. The quantitative estimate of drug-likeness (QED) is 0.578. The summed E-state index contributed by atoms with van der Waals surface area (Å²) in [5.41, 5.74) is 8.26. The van der Waals surface area contributed by atoms with E-state index in [4.69, 9.17) is 0 Å². The molecule has 8 nitrogen and oxygen atoms in total. The molecule has 1 aliphatic rings. The van der Waals surface area contributed by atoms with Gasteiger partial charge in [-0.1, -0.05) is 42.0 Å². The number of hydrogen-bond acceptors (Lipinski definition) is 5. The lowest BCUT2D eigenvalue weighted by Crippen LogP contribution is -2.42. The maximum absolute atomic E-state index is 12.9. The van der Waals surface area contributed by atoms with E-state index in [1.807, 2.05) is 61.5 Å². The van der Waals surface area contributed by atoms with Crippen molar-refractivity contribution in [3.63, 3.8) is 0 Å². The maximum atomic E-state index is 12.9. The molecule has 3 aromatic rings. The Morgan fingerprint density at radius 3 is 2.56 bits per heavy atom. The molecule has 2 amide bonds. The zero-order valence-electron chi connectivity index (χ0n) is 17.6. The van der Waals surface area contributed by atoms with Gasteiger partial charge < -0.3 is 0 Å². The van der Waals surface area contributed by atoms with Crippen molar-refractivity contribution in [2.24, 2.45) is 5.92 Å². The molecule has 4 rings (SSSR count). The molecule has 0 radical (unpaired) electrons. The lowest BCUT2D eigenvalue weighted by Gasteiger charge is -2.10. The van der Waals surface area contributed by atoms with Crippen LogP contribution < -0.4 is 10.9 Å². The van der Waals surface area contributed by atoms with Crippen molar-refractivity contribution < 1.29 is 18.0 Å². The second-order valence-corrected chi connectivity index (χ2v) is 10.2. The van der Waals surface area contributed by atoms with Gasteiger partial charge >= 0.3 is 0 Å². The molecule has 0 aliphatic carbocycles. The first-order chi connectivity index (χ1) is 15.3. The van der Waals surface area contributed by atoms with Gasteiger partial charge in [0.1, 0.15) is 5.69 Å². The van der Waals surface area contributed by atoms with E-state index in [9.17, 15) is 18.0 Å². The average Bonchev–Trinajstić information content (AvgIpc) is 3.36. The van der Waals surface area contributed by atoms with Crippen LogP contribution in [0.25, 0.3) is 16.9 Å². The van der Waals surface area contributed by atoms with Crippen LogP contribution in [0.1, 0.15) is 28.8 Å². The Hall–Kier alpha value is -3.46. The molecule has 1 atom stereocenters. The number of carbonyl (C=O) groups is 2. The van der Waals surface area contributed by atoms with E-state index in [0.717, 1.165) is 16.8 Å². The summed E-state index contributed by atoms with van der Waals surface area (Å²) in [5, 5.41) is 4.62. The summed E-state index contributed by atoms with van der Waals surface area (Å²) >= 11 is 0. The zero-order chi connectivity index (χ0) is 22.7. The van der Waals surface area contributed by atoms with Crippen LogP contribution in [-0.4, -0.2) is 41.5 Å². The number of nitrogens with zero attached hydrogens (tertiary/aromatic N) is 2. The normalized spacial score (nSPS) is 17.1. The molecule has 1 saturated heterocycles. The topological polar surface area (TPSA) is 110 Å². The smallest absolute Gasteiger partial charge is 0.273 e. The molecule has 2 N–H and O–H groups in total. The third-order valence-corrected chi connectivity index (χ3v) is 7.22. The molecule has 2 aromatic carbocycles. The lowest BCUT2D eigenvalue weighted by molar-refractivity contribution is -0.122. The molecule has 0 bridgehead atoms. The van der Waals surface area contributed by atoms with E-state index in [1.54, 1.807) is 10.9 Å². The summed E-state index contributed by atoms with van der Waals surface area (Å²) in [4.78, 5) is 25.2. The zero-order valence-corrected chi connectivity index (χ0v) is 18.4. The standard InChI is InChI=1S/C23H24N4O4S/c1-16-6-5-7-18(12-16)22-20(14-27(26-22)19-8-3-2-4-9-19)23(29)25-24-21(28)13-17-10-11-32(30,31)15-17/h2-9,12,14,17H,10-11,13,15H2,1H3,(H,24,28)(H,25,29)/t17-/m0/s1. The highest BCUT2D eigenvalue weighted by Crippen LogP contribution is 2.25. The Labute approximate surface area is 186 Å². The van der Waals surface area contributed by atoms with Gasteiger partial charge in [-0.25, -0.2) is 13.1 Å². The Bertz CT molecular complexity index is 1250. The van der Waals surface area contributed by atoms with E-state index < -0.39 is 21.7 Å². The molecule has 2 heterocycles. The molecule has 9 heteroatoms. The van der Waals surface area contributed by atoms with Crippen molar-refractivity contribution in [3.8, 4) is 16.9 Å². The van der Waals surface area contributed by atoms with Crippen molar-refractivity contribution in [1.29, 1.82) is 0 Å². The Kier molecular flexibility index (Phi) is 6.09. The van der Waals surface area contributed by atoms with Gasteiger partial charge in [-0.2, -0.15) is 5.10 Å². The number of rotatable bonds is 5. The van der Waals surface area contributed by atoms with Crippen LogP contribution >= 0.6 is 0 Å². The second-order valence-electron chi connectivity index (χ2n) is 8.02. The first-order valence-corrected chi connectivity index (χ1v) is 12.1. The minimum atomic E-state index is -3.06. The van der Waals surface area contributed by atoms with E-state index in [0.29, 0.717) is 17.7 Å². The average molecular weight is 453 g/mol. The number of benzene rings is 2. The van der Waals surface area contributed by atoms with Crippen molar-refractivity contribution in [1.82, 2.24) is 20.6 Å². The van der Waals surface area contributed by atoms with E-state index in [-0.39, 0.29) is 23.8 Å². The lowest BCUT2D eigenvalue weighted by atomic mass is 10.1. The number of hydrazine groups is 1. The minimum absolute atomic E-state index is 0.00964. The van der Waals surface area contributed by atoms with Crippen molar-refractivity contribution in [3.05, 3.63) is 71.9 Å². The van der Waals surface area contributed by atoms with Gasteiger partial charge in [-0.3, -0.25) is 20.4 Å². The number of sulfone groups is 1. The third-order valence-electron chi connectivity index (χ3n) is 5.39. The monoisotopic (exact) mass is 452 g/mol. The number of para-hydroxylation sites is 1. The largest absolute Gasteiger partial charge is 0.273 e. The Morgan fingerprint density at radius 1 is 1.09 bits per heavy atom. The summed E-state index contributed by atoms with van der Waals surface area (Å²) in [6.45, 7) is 1.96. The van der Waals surface area contributed by atoms with Gasteiger partial charge in [-0.15, -0.1) is 0 Å². The third kappa shape index (κ3) is 5.05. The molecular weight excluding hydrogens is 428 g/mol.